The van der Waals surface area contributed by atoms with Gasteiger partial charge in [-0.1, -0.05) is 53.6 Å². The molecule has 0 radical (unpaired) electrons. The summed E-state index contributed by atoms with van der Waals surface area (Å²) in [7, 11) is -4.29. The molecule has 0 spiro atoms. The molecule has 0 atom stereocenters. The smallest absolute Gasteiger partial charge is 0.347 e. The number of para-hydroxylation sites is 1. The average Bonchev–Trinajstić information content (AvgIpc) is 2.86. The van der Waals surface area contributed by atoms with Crippen molar-refractivity contribution in [2.45, 2.75) is 18.7 Å². The van der Waals surface area contributed by atoms with Gasteiger partial charge >= 0.3 is 22.1 Å². The first-order valence-corrected chi connectivity index (χ1v) is 12.7. The van der Waals surface area contributed by atoms with Crippen molar-refractivity contribution in [3.8, 4) is 11.5 Å². The van der Waals surface area contributed by atoms with Crippen molar-refractivity contribution >= 4 is 33.5 Å². The van der Waals surface area contributed by atoms with E-state index in [4.69, 9.17) is 8.92 Å². The fourth-order valence-corrected chi connectivity index (χ4v) is 4.23. The van der Waals surface area contributed by atoms with Gasteiger partial charge in [0.15, 0.2) is 5.75 Å². The van der Waals surface area contributed by atoms with Crippen LogP contribution in [0.15, 0.2) is 102 Å². The van der Waals surface area contributed by atoms with Gasteiger partial charge in [-0.25, -0.2) is 9.59 Å². The number of aryl methyl sites for hydroxylation is 2. The van der Waals surface area contributed by atoms with Crippen molar-refractivity contribution in [1.29, 1.82) is 0 Å². The molecule has 4 rings (SSSR count). The molecule has 0 bridgehead atoms. The Morgan fingerprint density at radius 1 is 0.703 bits per heavy atom. The van der Waals surface area contributed by atoms with Crippen LogP contribution >= 0.6 is 0 Å². The molecule has 37 heavy (non-hydrogen) atoms. The minimum atomic E-state index is -4.29. The molecule has 0 saturated heterocycles. The minimum absolute atomic E-state index is 0.0871. The molecule has 188 valence electrons. The van der Waals surface area contributed by atoms with E-state index in [1.54, 1.807) is 54.6 Å². The molecule has 2 N–H and O–H groups in total. The van der Waals surface area contributed by atoms with Crippen LogP contribution in [0.1, 0.15) is 21.5 Å². The van der Waals surface area contributed by atoms with E-state index in [-0.39, 0.29) is 27.6 Å². The first-order chi connectivity index (χ1) is 17.7. The monoisotopic (exact) mass is 516 g/mol. The highest BCUT2D eigenvalue weighted by atomic mass is 32.2. The highest BCUT2D eigenvalue weighted by Crippen LogP contribution is 2.28. The van der Waals surface area contributed by atoms with Crippen LogP contribution in [0.3, 0.4) is 0 Å². The van der Waals surface area contributed by atoms with E-state index in [0.29, 0.717) is 5.69 Å². The lowest BCUT2D eigenvalue weighted by molar-refractivity contribution is 0.0733. The SMILES string of the molecule is Cc1ccc(NC(=O)Nc2ccc(C(=O)Oc3ccccc3)c(OS(=O)(=O)c3ccc(C)cc3)c2)cc1. The number of ether oxygens (including phenoxy) is 1. The molecule has 0 fully saturated rings. The third kappa shape index (κ3) is 6.74. The largest absolute Gasteiger partial charge is 0.423 e. The second-order valence-corrected chi connectivity index (χ2v) is 9.76. The average molecular weight is 517 g/mol. The van der Waals surface area contributed by atoms with Gasteiger partial charge in [0, 0.05) is 17.4 Å². The molecular formula is C28H24N2O6S. The van der Waals surface area contributed by atoms with Gasteiger partial charge in [0.25, 0.3) is 0 Å². The van der Waals surface area contributed by atoms with Crippen LogP contribution < -0.4 is 19.6 Å². The summed E-state index contributed by atoms with van der Waals surface area (Å²) in [5.41, 5.74) is 2.56. The van der Waals surface area contributed by atoms with Crippen LogP contribution in [-0.2, 0) is 10.1 Å². The van der Waals surface area contributed by atoms with Crippen molar-refractivity contribution in [3.05, 3.63) is 114 Å². The Morgan fingerprint density at radius 3 is 1.92 bits per heavy atom. The van der Waals surface area contributed by atoms with Gasteiger partial charge in [0.05, 0.1) is 0 Å². The summed E-state index contributed by atoms with van der Waals surface area (Å²) in [5, 5.41) is 5.30. The maximum absolute atomic E-state index is 13.0. The van der Waals surface area contributed by atoms with Crippen LogP contribution in [0, 0.1) is 13.8 Å². The van der Waals surface area contributed by atoms with Crippen molar-refractivity contribution in [2.24, 2.45) is 0 Å². The molecule has 2 amide bonds. The number of urea groups is 1. The van der Waals surface area contributed by atoms with E-state index in [9.17, 15) is 18.0 Å². The van der Waals surface area contributed by atoms with Gasteiger partial charge in [-0.15, -0.1) is 0 Å². The standard InChI is InChI=1S/C28H24N2O6S/c1-19-8-12-21(13-9-19)29-28(32)30-22-14-17-25(27(31)35-23-6-4-3-5-7-23)26(18-22)36-37(33,34)24-15-10-20(2)11-16-24/h3-18H,1-2H3,(H2,29,30,32). The fourth-order valence-electron chi connectivity index (χ4n) is 3.29. The topological polar surface area (TPSA) is 111 Å². The van der Waals surface area contributed by atoms with Crippen molar-refractivity contribution < 1.29 is 26.9 Å². The maximum atomic E-state index is 13.0. The quantitative estimate of drug-likeness (QED) is 0.179. The van der Waals surface area contributed by atoms with Gasteiger partial charge in [-0.05, 0) is 62.4 Å². The second kappa shape index (κ2) is 11.0. The van der Waals surface area contributed by atoms with Crippen LogP contribution in [0.25, 0.3) is 0 Å². The summed E-state index contributed by atoms with van der Waals surface area (Å²) < 4.78 is 36.7. The summed E-state index contributed by atoms with van der Waals surface area (Å²) in [4.78, 5) is 25.3. The summed E-state index contributed by atoms with van der Waals surface area (Å²) >= 11 is 0. The lowest BCUT2D eigenvalue weighted by atomic mass is 10.2. The van der Waals surface area contributed by atoms with Crippen molar-refractivity contribution in [1.82, 2.24) is 0 Å². The highest BCUT2D eigenvalue weighted by molar-refractivity contribution is 7.87. The Morgan fingerprint density at radius 2 is 1.27 bits per heavy atom. The molecule has 0 aliphatic carbocycles. The zero-order chi connectivity index (χ0) is 26.4. The van der Waals surface area contributed by atoms with Gasteiger partial charge in [-0.3, -0.25) is 0 Å². The Hall–Kier alpha value is -4.63. The van der Waals surface area contributed by atoms with Crippen LogP contribution in [0.5, 0.6) is 11.5 Å². The molecular weight excluding hydrogens is 492 g/mol. The van der Waals surface area contributed by atoms with Crippen LogP contribution in [-0.4, -0.2) is 20.4 Å². The molecule has 4 aromatic rings. The van der Waals surface area contributed by atoms with E-state index in [0.717, 1.165) is 11.1 Å². The van der Waals surface area contributed by atoms with Crippen molar-refractivity contribution in [2.75, 3.05) is 10.6 Å². The third-order valence-electron chi connectivity index (χ3n) is 5.23. The number of amides is 2. The molecule has 9 heteroatoms. The molecule has 4 aromatic carbocycles. The van der Waals surface area contributed by atoms with Gasteiger partial charge in [-0.2, -0.15) is 8.42 Å². The predicted molar refractivity (Wildman–Crippen MR) is 141 cm³/mol. The van der Waals surface area contributed by atoms with E-state index in [1.165, 1.54) is 30.3 Å². The van der Waals surface area contributed by atoms with Crippen LogP contribution in [0.4, 0.5) is 16.2 Å². The zero-order valence-electron chi connectivity index (χ0n) is 20.1. The van der Waals surface area contributed by atoms with Gasteiger partial charge < -0.3 is 19.6 Å². The fraction of sp³-hybridized carbons (Fsp3) is 0.0714. The number of anilines is 2. The lowest BCUT2D eigenvalue weighted by Gasteiger charge is -2.14. The maximum Gasteiger partial charge on any atom is 0.347 e. The minimum Gasteiger partial charge on any atom is -0.423 e. The van der Waals surface area contributed by atoms with Crippen molar-refractivity contribution in [3.63, 3.8) is 0 Å². The molecule has 0 aliphatic heterocycles. The summed E-state index contributed by atoms with van der Waals surface area (Å²) in [6.07, 6.45) is 0. The first-order valence-electron chi connectivity index (χ1n) is 11.3. The number of benzene rings is 4. The van der Waals surface area contributed by atoms with Crippen LogP contribution in [0.2, 0.25) is 0 Å². The number of esters is 1. The Kier molecular flexibility index (Phi) is 7.55. The molecule has 0 aliphatic rings. The predicted octanol–water partition coefficient (Wildman–Crippen LogP) is 5.93. The summed E-state index contributed by atoms with van der Waals surface area (Å²) in [6.45, 7) is 3.76. The van der Waals surface area contributed by atoms with E-state index in [2.05, 4.69) is 10.6 Å². The van der Waals surface area contributed by atoms with Gasteiger partial charge in [0.2, 0.25) is 0 Å². The number of hydrogen-bond donors (Lipinski definition) is 2. The first kappa shape index (κ1) is 25.5. The lowest BCUT2D eigenvalue weighted by Crippen LogP contribution is -2.20. The molecule has 0 saturated carbocycles. The second-order valence-electron chi connectivity index (χ2n) is 8.21. The molecule has 0 aromatic heterocycles. The Balaban J connectivity index is 1.62. The number of nitrogens with one attached hydrogen (secondary N) is 2. The zero-order valence-corrected chi connectivity index (χ0v) is 20.9. The molecule has 0 heterocycles. The van der Waals surface area contributed by atoms with Gasteiger partial charge in [0.1, 0.15) is 16.2 Å². The number of hydrogen-bond acceptors (Lipinski definition) is 6. The van der Waals surface area contributed by atoms with E-state index >= 15 is 0 Å². The Bertz CT molecular complexity index is 1520. The molecule has 8 nitrogen and oxygen atoms in total. The normalized spacial score (nSPS) is 10.9. The third-order valence-corrected chi connectivity index (χ3v) is 6.48. The van der Waals surface area contributed by atoms with E-state index in [1.807, 2.05) is 26.0 Å². The van der Waals surface area contributed by atoms with E-state index < -0.39 is 22.1 Å². The number of carbonyl (C=O) groups is 2. The number of rotatable bonds is 7. The summed E-state index contributed by atoms with van der Waals surface area (Å²) in [6, 6.07) is 25.1. The summed E-state index contributed by atoms with van der Waals surface area (Å²) in [5.74, 6) is -0.842. The number of carbonyl (C=O) groups excluding carboxylic acids is 2. The highest BCUT2D eigenvalue weighted by Gasteiger charge is 2.23. The Labute approximate surface area is 215 Å². The molecule has 0 unspecified atom stereocenters.